The van der Waals surface area contributed by atoms with Crippen molar-refractivity contribution in [1.82, 2.24) is 15.0 Å². The van der Waals surface area contributed by atoms with Crippen molar-refractivity contribution < 1.29 is 9.13 Å². The summed E-state index contributed by atoms with van der Waals surface area (Å²) in [5, 5.41) is 3.12. The zero-order chi connectivity index (χ0) is 13.7. The van der Waals surface area contributed by atoms with Gasteiger partial charge in [0, 0.05) is 19.7 Å². The van der Waals surface area contributed by atoms with Crippen molar-refractivity contribution in [2.45, 2.75) is 13.5 Å². The number of ether oxygens (including phenoxy) is 1. The lowest BCUT2D eigenvalue weighted by atomic mass is 10.3. The number of anilines is 1. The molecule has 0 aliphatic heterocycles. The summed E-state index contributed by atoms with van der Waals surface area (Å²) in [5.74, 6) is 0.764. The lowest BCUT2D eigenvalue weighted by Gasteiger charge is -2.08. The Morgan fingerprint density at radius 1 is 1.32 bits per heavy atom. The summed E-state index contributed by atoms with van der Waals surface area (Å²) in [7, 11) is 1.60. The van der Waals surface area contributed by atoms with Gasteiger partial charge in [0.2, 0.25) is 0 Å². The molecule has 0 aliphatic carbocycles. The molecule has 0 unspecified atom stereocenters. The van der Waals surface area contributed by atoms with Gasteiger partial charge in [0.1, 0.15) is 17.3 Å². The molecule has 0 aliphatic rings. The molecular formula is C13H15FN4O. The molecule has 0 radical (unpaired) electrons. The Kier molecular flexibility index (Phi) is 4.35. The molecule has 0 saturated heterocycles. The van der Waals surface area contributed by atoms with E-state index in [1.54, 1.807) is 13.2 Å². The van der Waals surface area contributed by atoms with E-state index < -0.39 is 0 Å². The zero-order valence-electron chi connectivity index (χ0n) is 10.9. The van der Waals surface area contributed by atoms with Crippen LogP contribution in [0.25, 0.3) is 11.5 Å². The van der Waals surface area contributed by atoms with Gasteiger partial charge in [-0.2, -0.15) is 0 Å². The number of halogens is 1. The molecule has 2 aromatic heterocycles. The molecule has 0 fully saturated rings. The lowest BCUT2D eigenvalue weighted by Crippen LogP contribution is -2.05. The van der Waals surface area contributed by atoms with Gasteiger partial charge in [0.25, 0.3) is 0 Å². The van der Waals surface area contributed by atoms with E-state index in [2.05, 4.69) is 20.3 Å². The molecule has 100 valence electrons. The number of hydrogen-bond acceptors (Lipinski definition) is 5. The Bertz CT molecular complexity index is 521. The van der Waals surface area contributed by atoms with Crippen LogP contribution in [0.2, 0.25) is 0 Å². The quantitative estimate of drug-likeness (QED) is 0.895. The third kappa shape index (κ3) is 3.45. The highest BCUT2D eigenvalue weighted by Gasteiger charge is 2.08. The molecule has 0 amide bonds. The fraction of sp³-hybridized carbons (Fsp3) is 0.308. The van der Waals surface area contributed by atoms with Gasteiger partial charge >= 0.3 is 0 Å². The largest absolute Gasteiger partial charge is 0.378 e. The molecule has 5 nitrogen and oxygen atoms in total. The van der Waals surface area contributed by atoms with Crippen molar-refractivity contribution in [1.29, 1.82) is 0 Å². The second-order valence-electron chi connectivity index (χ2n) is 3.89. The van der Waals surface area contributed by atoms with Crippen LogP contribution in [0.1, 0.15) is 12.6 Å². The van der Waals surface area contributed by atoms with Gasteiger partial charge in [-0.15, -0.1) is 0 Å². The van der Waals surface area contributed by atoms with Crippen molar-refractivity contribution in [3.05, 3.63) is 35.9 Å². The van der Waals surface area contributed by atoms with Crippen LogP contribution in [0.5, 0.6) is 0 Å². The summed E-state index contributed by atoms with van der Waals surface area (Å²) in [6.07, 6.45) is 1.15. The third-order valence-corrected chi connectivity index (χ3v) is 2.39. The van der Waals surface area contributed by atoms with Crippen molar-refractivity contribution in [3.8, 4) is 11.5 Å². The molecule has 0 aromatic carbocycles. The van der Waals surface area contributed by atoms with Crippen LogP contribution in [0.15, 0.2) is 24.4 Å². The molecule has 2 aromatic rings. The Balaban J connectivity index is 2.40. The first-order chi connectivity index (χ1) is 9.22. The van der Waals surface area contributed by atoms with Gasteiger partial charge in [-0.25, -0.2) is 19.3 Å². The molecule has 0 saturated carbocycles. The van der Waals surface area contributed by atoms with Crippen LogP contribution in [0.3, 0.4) is 0 Å². The summed E-state index contributed by atoms with van der Waals surface area (Å²) < 4.78 is 17.9. The minimum Gasteiger partial charge on any atom is -0.378 e. The van der Waals surface area contributed by atoms with E-state index in [1.165, 1.54) is 6.07 Å². The topological polar surface area (TPSA) is 59.9 Å². The van der Waals surface area contributed by atoms with Crippen LogP contribution in [0.4, 0.5) is 10.2 Å². The monoisotopic (exact) mass is 262 g/mol. The summed E-state index contributed by atoms with van der Waals surface area (Å²) in [6, 6.07) is 4.71. The van der Waals surface area contributed by atoms with Gasteiger partial charge in [-0.1, -0.05) is 0 Å². The number of aromatic nitrogens is 3. The first-order valence-electron chi connectivity index (χ1n) is 5.95. The van der Waals surface area contributed by atoms with E-state index in [9.17, 15) is 4.39 Å². The van der Waals surface area contributed by atoms with Crippen LogP contribution in [0, 0.1) is 5.82 Å². The summed E-state index contributed by atoms with van der Waals surface area (Å²) in [6.45, 7) is 3.11. The first-order valence-corrected chi connectivity index (χ1v) is 5.95. The molecular weight excluding hydrogens is 247 g/mol. The van der Waals surface area contributed by atoms with Crippen molar-refractivity contribution in [2.24, 2.45) is 0 Å². The fourth-order valence-corrected chi connectivity index (χ4v) is 1.61. The molecule has 19 heavy (non-hydrogen) atoms. The number of rotatable bonds is 5. The summed E-state index contributed by atoms with van der Waals surface area (Å²) >= 11 is 0. The minimum atomic E-state index is -0.385. The zero-order valence-corrected chi connectivity index (χ0v) is 10.9. The van der Waals surface area contributed by atoms with Crippen LogP contribution in [-0.4, -0.2) is 28.6 Å². The van der Waals surface area contributed by atoms with Gasteiger partial charge in [0.15, 0.2) is 5.82 Å². The first kappa shape index (κ1) is 13.4. The summed E-state index contributed by atoms with van der Waals surface area (Å²) in [4.78, 5) is 12.7. The second-order valence-corrected chi connectivity index (χ2v) is 3.89. The van der Waals surface area contributed by atoms with Gasteiger partial charge < -0.3 is 10.1 Å². The average molecular weight is 262 g/mol. The predicted molar refractivity (Wildman–Crippen MR) is 70.1 cm³/mol. The standard InChI is InChI=1S/C13H15FN4O/c1-3-15-12-6-10(8-19-2)17-13(18-12)11-5-4-9(14)7-16-11/h4-7H,3,8H2,1-2H3,(H,15,17,18). The fourth-order valence-electron chi connectivity index (χ4n) is 1.61. The lowest BCUT2D eigenvalue weighted by molar-refractivity contribution is 0.181. The van der Waals surface area contributed by atoms with Crippen LogP contribution in [-0.2, 0) is 11.3 Å². The van der Waals surface area contributed by atoms with E-state index in [0.717, 1.165) is 18.4 Å². The third-order valence-electron chi connectivity index (χ3n) is 2.39. The van der Waals surface area contributed by atoms with Crippen molar-refractivity contribution >= 4 is 5.82 Å². The van der Waals surface area contributed by atoms with Crippen LogP contribution < -0.4 is 5.32 Å². The number of nitrogens with one attached hydrogen (secondary N) is 1. The van der Waals surface area contributed by atoms with Gasteiger partial charge in [0.05, 0.1) is 18.5 Å². The average Bonchev–Trinajstić information content (AvgIpc) is 2.40. The van der Waals surface area contributed by atoms with Crippen LogP contribution >= 0.6 is 0 Å². The number of pyridine rings is 1. The second kappa shape index (κ2) is 6.19. The number of methoxy groups -OCH3 is 1. The van der Waals surface area contributed by atoms with E-state index in [0.29, 0.717) is 23.9 Å². The van der Waals surface area contributed by atoms with Gasteiger partial charge in [-0.3, -0.25) is 0 Å². The molecule has 0 bridgehead atoms. The van der Waals surface area contributed by atoms with Crippen molar-refractivity contribution in [3.63, 3.8) is 0 Å². The maximum Gasteiger partial charge on any atom is 0.180 e. The summed E-state index contributed by atoms with van der Waals surface area (Å²) in [5.41, 5.74) is 1.27. The highest BCUT2D eigenvalue weighted by atomic mass is 19.1. The number of hydrogen-bond donors (Lipinski definition) is 1. The maximum atomic E-state index is 12.9. The predicted octanol–water partition coefficient (Wildman–Crippen LogP) is 2.26. The Morgan fingerprint density at radius 2 is 2.16 bits per heavy atom. The molecule has 1 N–H and O–H groups in total. The molecule has 0 atom stereocenters. The normalized spacial score (nSPS) is 10.5. The maximum absolute atomic E-state index is 12.9. The van der Waals surface area contributed by atoms with Gasteiger partial charge in [-0.05, 0) is 19.1 Å². The molecule has 2 rings (SSSR count). The molecule has 6 heteroatoms. The molecule has 2 heterocycles. The smallest absolute Gasteiger partial charge is 0.180 e. The SMILES string of the molecule is CCNc1cc(COC)nc(-c2ccc(F)cn2)n1. The Hall–Kier alpha value is -2.08. The van der Waals surface area contributed by atoms with E-state index in [4.69, 9.17) is 4.74 Å². The van der Waals surface area contributed by atoms with E-state index in [1.807, 2.05) is 13.0 Å². The Labute approximate surface area is 110 Å². The Morgan fingerprint density at radius 3 is 2.79 bits per heavy atom. The van der Waals surface area contributed by atoms with E-state index >= 15 is 0 Å². The van der Waals surface area contributed by atoms with E-state index in [-0.39, 0.29) is 5.82 Å². The molecule has 0 spiro atoms. The highest BCUT2D eigenvalue weighted by molar-refractivity contribution is 5.52. The highest BCUT2D eigenvalue weighted by Crippen LogP contribution is 2.16. The number of nitrogens with zero attached hydrogens (tertiary/aromatic N) is 3. The minimum absolute atomic E-state index is 0.384. The van der Waals surface area contributed by atoms with Crippen molar-refractivity contribution in [2.75, 3.05) is 19.0 Å².